The van der Waals surface area contributed by atoms with Gasteiger partial charge in [-0.3, -0.25) is 0 Å². The first-order chi connectivity index (χ1) is 29.2. The molecule has 0 unspecified atom stereocenters. The number of ether oxygens (including phenoxy) is 4. The summed E-state index contributed by atoms with van der Waals surface area (Å²) in [7, 11) is 0. The largest absolute Gasteiger partial charge is 0.491 e. The Bertz CT molecular complexity index is 2730. The minimum absolute atomic E-state index is 0.0599. The second-order valence-corrected chi connectivity index (χ2v) is 13.6. The maximum absolute atomic E-state index is 15.7. The number of hydrogen-bond acceptors (Lipinski definition) is 6. The molecule has 0 aliphatic heterocycles. The summed E-state index contributed by atoms with van der Waals surface area (Å²) in [4.78, 5) is 28.5. The van der Waals surface area contributed by atoms with Gasteiger partial charge in [0.15, 0.2) is 23.1 Å². The normalized spacial score (nSPS) is 11.1. The number of carbonyl (C=O) groups excluding carboxylic acids is 2. The van der Waals surface area contributed by atoms with E-state index >= 15 is 17.6 Å². The van der Waals surface area contributed by atoms with Crippen molar-refractivity contribution in [2.24, 2.45) is 0 Å². The summed E-state index contributed by atoms with van der Waals surface area (Å²) < 4.78 is 84.8. The van der Waals surface area contributed by atoms with Crippen LogP contribution in [0.25, 0.3) is 54.9 Å². The minimum atomic E-state index is -1.47. The predicted octanol–water partition coefficient (Wildman–Crippen LogP) is 12.8. The van der Waals surface area contributed by atoms with E-state index in [0.717, 1.165) is 24.3 Å². The second-order valence-electron chi connectivity index (χ2n) is 13.6. The smallest absolute Gasteiger partial charge is 0.346 e. The van der Waals surface area contributed by atoms with Gasteiger partial charge >= 0.3 is 11.9 Å². The van der Waals surface area contributed by atoms with Crippen LogP contribution in [0.4, 0.5) is 17.6 Å². The van der Waals surface area contributed by atoms with Crippen molar-refractivity contribution < 1.29 is 46.1 Å². The Hall–Kier alpha value is -7.46. The molecule has 0 aliphatic rings. The van der Waals surface area contributed by atoms with Gasteiger partial charge in [0, 0.05) is 21.9 Å². The molecule has 0 saturated carbocycles. The highest BCUT2D eigenvalue weighted by Crippen LogP contribution is 2.53. The molecular formula is C50H34F4O6. The van der Waals surface area contributed by atoms with Gasteiger partial charge in [0.25, 0.3) is 0 Å². The van der Waals surface area contributed by atoms with Crippen molar-refractivity contribution in [2.45, 2.75) is 13.8 Å². The van der Waals surface area contributed by atoms with E-state index in [9.17, 15) is 9.59 Å². The SMILES string of the molecule is CCOc1ccc(C(=O)Oc2c(-c3c(-c4ccccc4)cc4ccccc4c3OC(=O)c3ccc(OCC)c(F)c3F)c(-c3ccccc3)cc3ccccc23)c(F)c1F. The molecule has 0 aromatic heterocycles. The highest BCUT2D eigenvalue weighted by molar-refractivity contribution is 6.13. The van der Waals surface area contributed by atoms with Gasteiger partial charge in [-0.1, -0.05) is 109 Å². The molecule has 10 heteroatoms. The quantitative estimate of drug-likeness (QED) is 0.0736. The van der Waals surface area contributed by atoms with E-state index in [-0.39, 0.29) is 47.3 Å². The number of halogens is 4. The lowest BCUT2D eigenvalue weighted by molar-refractivity contribution is 0.0719. The molecule has 0 spiro atoms. The van der Waals surface area contributed by atoms with Crippen LogP contribution in [0.1, 0.15) is 34.6 Å². The number of benzene rings is 8. The van der Waals surface area contributed by atoms with E-state index in [2.05, 4.69) is 0 Å². The fraction of sp³-hybridized carbons (Fsp3) is 0.0800. The van der Waals surface area contributed by atoms with Crippen molar-refractivity contribution in [3.63, 3.8) is 0 Å². The molecule has 8 aromatic rings. The molecule has 0 heterocycles. The number of carbonyl (C=O) groups is 2. The zero-order chi connectivity index (χ0) is 41.9. The van der Waals surface area contributed by atoms with Crippen molar-refractivity contribution >= 4 is 33.5 Å². The summed E-state index contributed by atoms with van der Waals surface area (Å²) in [5, 5.41) is 2.04. The average Bonchev–Trinajstić information content (AvgIpc) is 3.27. The molecule has 0 N–H and O–H groups in total. The molecule has 298 valence electrons. The summed E-state index contributed by atoms with van der Waals surface area (Å²) in [6, 6.07) is 40.6. The van der Waals surface area contributed by atoms with Crippen LogP contribution in [0.5, 0.6) is 23.0 Å². The maximum Gasteiger partial charge on any atom is 0.346 e. The van der Waals surface area contributed by atoms with Gasteiger partial charge in [0.1, 0.15) is 11.5 Å². The fourth-order valence-electron chi connectivity index (χ4n) is 7.24. The van der Waals surface area contributed by atoms with E-state index in [1.165, 1.54) is 0 Å². The van der Waals surface area contributed by atoms with Crippen molar-refractivity contribution in [3.05, 3.63) is 180 Å². The van der Waals surface area contributed by atoms with Gasteiger partial charge in [-0.2, -0.15) is 8.78 Å². The van der Waals surface area contributed by atoms with Crippen LogP contribution in [0.15, 0.2) is 146 Å². The first kappa shape index (κ1) is 39.4. The first-order valence-corrected chi connectivity index (χ1v) is 19.1. The van der Waals surface area contributed by atoms with Crippen LogP contribution in [0, 0.1) is 23.3 Å². The number of rotatable bonds is 11. The third-order valence-electron chi connectivity index (χ3n) is 9.95. The van der Waals surface area contributed by atoms with Crippen LogP contribution in [0.2, 0.25) is 0 Å². The Morgan fingerprint density at radius 2 is 0.817 bits per heavy atom. The highest BCUT2D eigenvalue weighted by atomic mass is 19.2. The molecule has 6 nitrogen and oxygen atoms in total. The first-order valence-electron chi connectivity index (χ1n) is 19.1. The lowest BCUT2D eigenvalue weighted by atomic mass is 9.84. The minimum Gasteiger partial charge on any atom is -0.491 e. The second kappa shape index (κ2) is 16.8. The molecule has 8 aromatic carbocycles. The Labute approximate surface area is 342 Å². The van der Waals surface area contributed by atoms with Crippen LogP contribution >= 0.6 is 0 Å². The van der Waals surface area contributed by atoms with Crippen molar-refractivity contribution in [2.75, 3.05) is 13.2 Å². The number of fused-ring (bicyclic) bond motifs is 2. The average molecular weight is 807 g/mol. The summed E-state index contributed by atoms with van der Waals surface area (Å²) >= 11 is 0. The molecule has 0 amide bonds. The van der Waals surface area contributed by atoms with Gasteiger partial charge in [-0.05, 0) is 83.3 Å². The van der Waals surface area contributed by atoms with Gasteiger partial charge in [0.2, 0.25) is 11.6 Å². The molecule has 0 saturated heterocycles. The zero-order valence-corrected chi connectivity index (χ0v) is 32.2. The molecule has 0 aliphatic carbocycles. The van der Waals surface area contributed by atoms with E-state index in [0.29, 0.717) is 43.8 Å². The number of esters is 2. The van der Waals surface area contributed by atoms with Crippen molar-refractivity contribution in [3.8, 4) is 56.4 Å². The van der Waals surface area contributed by atoms with E-state index < -0.39 is 46.3 Å². The summed E-state index contributed by atoms with van der Waals surface area (Å²) in [6.45, 7) is 3.34. The molecule has 0 radical (unpaired) electrons. The van der Waals surface area contributed by atoms with Gasteiger partial charge in [-0.25, -0.2) is 18.4 Å². The molecule has 60 heavy (non-hydrogen) atoms. The third-order valence-corrected chi connectivity index (χ3v) is 9.95. The third kappa shape index (κ3) is 7.28. The Balaban J connectivity index is 1.47. The molecule has 0 bridgehead atoms. The van der Waals surface area contributed by atoms with Crippen LogP contribution in [-0.2, 0) is 0 Å². The Kier molecular flexibility index (Phi) is 11.0. The molecule has 0 atom stereocenters. The van der Waals surface area contributed by atoms with E-state index in [1.807, 2.05) is 84.9 Å². The van der Waals surface area contributed by atoms with Crippen LogP contribution in [-0.4, -0.2) is 25.2 Å². The van der Waals surface area contributed by atoms with Gasteiger partial charge < -0.3 is 18.9 Å². The topological polar surface area (TPSA) is 71.1 Å². The summed E-state index contributed by atoms with van der Waals surface area (Å²) in [5.74, 6) is -8.99. The van der Waals surface area contributed by atoms with E-state index in [1.54, 1.807) is 50.2 Å². The lowest BCUT2D eigenvalue weighted by Crippen LogP contribution is -2.15. The van der Waals surface area contributed by atoms with Crippen molar-refractivity contribution in [1.29, 1.82) is 0 Å². The Morgan fingerprint density at radius 3 is 1.20 bits per heavy atom. The van der Waals surface area contributed by atoms with Crippen LogP contribution in [0.3, 0.4) is 0 Å². The fourth-order valence-corrected chi connectivity index (χ4v) is 7.24. The lowest BCUT2D eigenvalue weighted by Gasteiger charge is -2.24. The Morgan fingerprint density at radius 1 is 0.450 bits per heavy atom. The molecule has 0 fully saturated rings. The summed E-state index contributed by atoms with van der Waals surface area (Å²) in [5.41, 5.74) is 1.36. The standard InChI is InChI=1S/C50H34F4O6/c1-3-57-39-25-23-35(43(51)45(39)53)49(55)59-47-33-21-13-11-19-31(33)27-37(29-15-7-5-8-16-29)41(47)42-38(30-17-9-6-10-18-30)28-32-20-12-14-22-34(32)48(42)60-50(56)36-24-26-40(58-4-2)46(54)44(36)52/h5-28H,3-4H2,1-2H3. The van der Waals surface area contributed by atoms with E-state index in [4.69, 9.17) is 18.9 Å². The monoisotopic (exact) mass is 806 g/mol. The molecular weight excluding hydrogens is 773 g/mol. The van der Waals surface area contributed by atoms with Gasteiger partial charge in [0.05, 0.1) is 24.3 Å². The predicted molar refractivity (Wildman–Crippen MR) is 223 cm³/mol. The maximum atomic E-state index is 15.7. The van der Waals surface area contributed by atoms with Crippen molar-refractivity contribution in [1.82, 2.24) is 0 Å². The zero-order valence-electron chi connectivity index (χ0n) is 32.2. The molecule has 8 rings (SSSR count). The van der Waals surface area contributed by atoms with Gasteiger partial charge in [-0.15, -0.1) is 0 Å². The summed E-state index contributed by atoms with van der Waals surface area (Å²) in [6.07, 6.45) is 0. The number of hydrogen-bond donors (Lipinski definition) is 0. The van der Waals surface area contributed by atoms with Crippen LogP contribution < -0.4 is 18.9 Å². The highest BCUT2D eigenvalue weighted by Gasteiger charge is 2.31.